The van der Waals surface area contributed by atoms with Crippen molar-refractivity contribution in [3.63, 3.8) is 0 Å². The number of aliphatic hydroxyl groups excluding tert-OH is 1. The molecule has 2 saturated heterocycles. The number of β-lactam (4-membered cyclic amide) rings is 1. The quantitative estimate of drug-likeness (QED) is 0.399. The average Bonchev–Trinajstić information content (AvgIpc) is 2.80. The molecule has 3 heterocycles. The summed E-state index contributed by atoms with van der Waals surface area (Å²) >= 11 is 0. The van der Waals surface area contributed by atoms with Crippen LogP contribution in [-0.4, -0.2) is 69.3 Å². The molecule has 28 heavy (non-hydrogen) atoms. The van der Waals surface area contributed by atoms with E-state index in [4.69, 9.17) is 5.73 Å². The summed E-state index contributed by atoms with van der Waals surface area (Å²) in [5.74, 6) is -2.32. The highest BCUT2D eigenvalue weighted by Crippen LogP contribution is 2.49. The van der Waals surface area contributed by atoms with Gasteiger partial charge in [-0.1, -0.05) is 0 Å². The molecule has 0 aromatic carbocycles. The number of fused-ring (bicyclic) bond motifs is 1. The molecule has 12 heteroatoms. The molecule has 0 saturated carbocycles. The van der Waals surface area contributed by atoms with Crippen LogP contribution in [0.1, 0.15) is 18.2 Å². The zero-order chi connectivity index (χ0) is 20.9. The van der Waals surface area contributed by atoms with E-state index in [0.29, 0.717) is 5.56 Å². The highest BCUT2D eigenvalue weighted by molar-refractivity contribution is 7.94. The van der Waals surface area contributed by atoms with Crippen LogP contribution in [-0.2, 0) is 30.8 Å². The molecular weight excluding hydrogens is 394 g/mol. The third-order valence-corrected chi connectivity index (χ3v) is 7.58. The van der Waals surface area contributed by atoms with Gasteiger partial charge in [0.25, 0.3) is 5.91 Å². The molecule has 0 spiro atoms. The first-order chi connectivity index (χ1) is 13.0. The van der Waals surface area contributed by atoms with Gasteiger partial charge in [-0.2, -0.15) is 0 Å². The summed E-state index contributed by atoms with van der Waals surface area (Å²) in [5, 5.41) is 17.2. The third kappa shape index (κ3) is 2.72. The molecule has 0 aliphatic carbocycles. The van der Waals surface area contributed by atoms with Crippen LogP contribution in [0.2, 0.25) is 0 Å². The summed E-state index contributed by atoms with van der Waals surface area (Å²) in [7, 11) is -4.29. The maximum atomic E-state index is 13.1. The van der Waals surface area contributed by atoms with Crippen molar-refractivity contribution in [2.24, 2.45) is 5.73 Å². The number of carbonyl (C=O) groups excluding carboxylic acids is 2. The molecule has 0 unspecified atom stereocenters. The number of hydrogen-bond donors (Lipinski definition) is 3. The smallest absolute Gasteiger partial charge is 0.404 e. The molecule has 2 aliphatic rings. The lowest BCUT2D eigenvalue weighted by molar-refractivity contribution is -0.153. The fourth-order valence-corrected chi connectivity index (χ4v) is 5.72. The SMILES string of the molecule is C[C@]1(COC(N)=O)[C@H](C(=O)O)N2C(=O)/C(=C/c3cc(CO)ccn3)[C@H]2S1(=O)=O. The normalized spacial score (nSPS) is 29.3. The van der Waals surface area contributed by atoms with Crippen molar-refractivity contribution in [2.75, 3.05) is 6.61 Å². The number of sulfone groups is 1. The fraction of sp³-hybridized carbons (Fsp3) is 0.375. The monoisotopic (exact) mass is 411 g/mol. The first-order valence-electron chi connectivity index (χ1n) is 8.03. The van der Waals surface area contributed by atoms with E-state index in [0.717, 1.165) is 11.8 Å². The summed E-state index contributed by atoms with van der Waals surface area (Å²) in [6.07, 6.45) is 1.36. The number of amides is 2. The lowest BCUT2D eigenvalue weighted by Crippen LogP contribution is -2.59. The Balaban J connectivity index is 2.06. The van der Waals surface area contributed by atoms with Crippen LogP contribution < -0.4 is 5.73 Å². The second kappa shape index (κ2) is 6.56. The van der Waals surface area contributed by atoms with Gasteiger partial charge in [-0.05, 0) is 30.7 Å². The summed E-state index contributed by atoms with van der Waals surface area (Å²) in [4.78, 5) is 40.0. The van der Waals surface area contributed by atoms with E-state index < -0.39 is 50.6 Å². The molecule has 2 amide bonds. The number of primary amides is 1. The summed E-state index contributed by atoms with van der Waals surface area (Å²) in [6.45, 7) is 0.00939. The number of carboxylic acid groups (broad SMARTS) is 1. The van der Waals surface area contributed by atoms with Gasteiger partial charge < -0.3 is 25.6 Å². The minimum absolute atomic E-state index is 0.156. The van der Waals surface area contributed by atoms with Crippen molar-refractivity contribution in [2.45, 2.75) is 29.7 Å². The van der Waals surface area contributed by atoms with Crippen LogP contribution in [0.15, 0.2) is 23.9 Å². The molecule has 1 aromatic rings. The Morgan fingerprint density at radius 1 is 1.46 bits per heavy atom. The van der Waals surface area contributed by atoms with E-state index in [-0.39, 0.29) is 17.9 Å². The Morgan fingerprint density at radius 3 is 2.71 bits per heavy atom. The van der Waals surface area contributed by atoms with Gasteiger partial charge in [0.05, 0.1) is 17.9 Å². The Kier molecular flexibility index (Phi) is 4.63. The van der Waals surface area contributed by atoms with Gasteiger partial charge in [-0.25, -0.2) is 18.0 Å². The zero-order valence-electron chi connectivity index (χ0n) is 14.6. The van der Waals surface area contributed by atoms with Crippen LogP contribution in [0.4, 0.5) is 4.79 Å². The van der Waals surface area contributed by atoms with E-state index in [1.165, 1.54) is 18.3 Å². The number of nitrogens with two attached hydrogens (primary N) is 1. The standard InChI is InChI=1S/C16H17N3O8S/c1-16(7-27-15(17)24)11(14(22)23)19-12(21)10(13(19)28(16,25)26)5-9-4-8(6-20)2-3-18-9/h2-5,11,13,20H,6-7H2,1H3,(H2,17,24)(H,22,23)/b10-5-/t11-,13+,16-/m0/s1. The number of pyridine rings is 1. The Bertz CT molecular complexity index is 1000. The molecule has 150 valence electrons. The van der Waals surface area contributed by atoms with Gasteiger partial charge in [-0.15, -0.1) is 0 Å². The number of nitrogens with zero attached hydrogens (tertiary/aromatic N) is 2. The number of hydrogen-bond acceptors (Lipinski definition) is 8. The van der Waals surface area contributed by atoms with E-state index in [9.17, 15) is 33.0 Å². The third-order valence-electron chi connectivity index (χ3n) is 4.87. The first kappa shape index (κ1) is 19.8. The molecule has 4 N–H and O–H groups in total. The first-order valence-corrected chi connectivity index (χ1v) is 9.57. The van der Waals surface area contributed by atoms with Gasteiger partial charge in [0.15, 0.2) is 21.3 Å². The summed E-state index contributed by atoms with van der Waals surface area (Å²) in [6, 6.07) is 1.26. The second-order valence-corrected chi connectivity index (χ2v) is 9.09. The second-order valence-electron chi connectivity index (χ2n) is 6.62. The van der Waals surface area contributed by atoms with Crippen molar-refractivity contribution in [1.29, 1.82) is 0 Å². The van der Waals surface area contributed by atoms with Crippen LogP contribution in [0.25, 0.3) is 6.08 Å². The van der Waals surface area contributed by atoms with Crippen LogP contribution in [0.3, 0.4) is 0 Å². The molecule has 3 atom stereocenters. The van der Waals surface area contributed by atoms with Crippen molar-refractivity contribution in [1.82, 2.24) is 9.88 Å². The zero-order valence-corrected chi connectivity index (χ0v) is 15.4. The molecular formula is C16H17N3O8S. The highest BCUT2D eigenvalue weighted by atomic mass is 32.2. The lowest BCUT2D eigenvalue weighted by Gasteiger charge is -2.37. The number of carbonyl (C=O) groups is 3. The van der Waals surface area contributed by atoms with Gasteiger partial charge >= 0.3 is 12.1 Å². The van der Waals surface area contributed by atoms with E-state index in [2.05, 4.69) is 9.72 Å². The van der Waals surface area contributed by atoms with E-state index >= 15 is 0 Å². The largest absolute Gasteiger partial charge is 0.480 e. The van der Waals surface area contributed by atoms with Crippen LogP contribution in [0.5, 0.6) is 0 Å². The predicted molar refractivity (Wildman–Crippen MR) is 93.1 cm³/mol. The molecule has 0 radical (unpaired) electrons. The molecule has 1 aromatic heterocycles. The van der Waals surface area contributed by atoms with Gasteiger partial charge in [-0.3, -0.25) is 9.78 Å². The minimum atomic E-state index is -4.29. The molecule has 11 nitrogen and oxygen atoms in total. The number of carboxylic acids is 1. The van der Waals surface area contributed by atoms with Crippen molar-refractivity contribution in [3.8, 4) is 0 Å². The average molecular weight is 411 g/mol. The maximum absolute atomic E-state index is 13.1. The fourth-order valence-electron chi connectivity index (χ4n) is 3.44. The number of ether oxygens (including phenoxy) is 1. The minimum Gasteiger partial charge on any atom is -0.480 e. The Morgan fingerprint density at radius 2 is 2.14 bits per heavy atom. The van der Waals surface area contributed by atoms with Crippen molar-refractivity contribution >= 4 is 33.9 Å². The summed E-state index contributed by atoms with van der Waals surface area (Å²) in [5.41, 5.74) is 5.47. The van der Waals surface area contributed by atoms with Crippen LogP contribution in [0, 0.1) is 0 Å². The number of rotatable bonds is 5. The number of aliphatic hydroxyl groups is 1. The number of aliphatic carboxylic acids is 1. The van der Waals surface area contributed by atoms with E-state index in [1.807, 2.05) is 0 Å². The van der Waals surface area contributed by atoms with Gasteiger partial charge in [0.1, 0.15) is 11.4 Å². The number of aromatic nitrogens is 1. The summed E-state index contributed by atoms with van der Waals surface area (Å²) < 4.78 is 28.7. The highest BCUT2D eigenvalue weighted by Gasteiger charge is 2.72. The maximum Gasteiger partial charge on any atom is 0.404 e. The van der Waals surface area contributed by atoms with Crippen LogP contribution >= 0.6 is 0 Å². The Labute approximate surface area is 159 Å². The lowest BCUT2D eigenvalue weighted by atomic mass is 9.94. The topological polar surface area (TPSA) is 177 Å². The van der Waals surface area contributed by atoms with Gasteiger partial charge in [0.2, 0.25) is 0 Å². The van der Waals surface area contributed by atoms with Gasteiger partial charge in [0, 0.05) is 6.20 Å². The molecule has 3 rings (SSSR count). The molecule has 2 aliphatic heterocycles. The molecule has 2 fully saturated rings. The Hall–Kier alpha value is -2.99. The van der Waals surface area contributed by atoms with E-state index in [1.54, 1.807) is 6.07 Å². The van der Waals surface area contributed by atoms with Crippen molar-refractivity contribution in [3.05, 3.63) is 35.2 Å². The van der Waals surface area contributed by atoms with Crippen molar-refractivity contribution < 1.29 is 37.8 Å². The molecule has 0 bridgehead atoms. The predicted octanol–water partition coefficient (Wildman–Crippen LogP) is -1.14.